The van der Waals surface area contributed by atoms with Crippen LogP contribution in [-0.2, 0) is 0 Å². The van der Waals surface area contributed by atoms with Crippen LogP contribution in [0.25, 0.3) is 0 Å². The minimum absolute atomic E-state index is 0.375. The van der Waals surface area contributed by atoms with Crippen LogP contribution in [0, 0.1) is 41.4 Å². The fourth-order valence-electron chi connectivity index (χ4n) is 8.91. The predicted octanol–water partition coefficient (Wildman–Crippen LogP) is 10.4. The summed E-state index contributed by atoms with van der Waals surface area (Å²) in [5, 5.41) is 0. The molecule has 0 N–H and O–H groups in total. The van der Waals surface area contributed by atoms with Crippen molar-refractivity contribution in [1.29, 1.82) is 0 Å². The number of rotatable bonds is 3. The van der Waals surface area contributed by atoms with Crippen molar-refractivity contribution in [3.05, 3.63) is 202 Å². The van der Waals surface area contributed by atoms with Crippen molar-refractivity contribution in [2.24, 2.45) is 41.4 Å². The molecule has 214 valence electrons. The summed E-state index contributed by atoms with van der Waals surface area (Å²) in [6.45, 7) is 0. The van der Waals surface area contributed by atoms with E-state index >= 15 is 0 Å². The van der Waals surface area contributed by atoms with E-state index in [0.29, 0.717) is 41.4 Å². The highest BCUT2D eigenvalue weighted by Crippen LogP contribution is 2.53. The van der Waals surface area contributed by atoms with E-state index in [9.17, 15) is 0 Å². The average Bonchev–Trinajstić information content (AvgIpc) is 3.10. The average molecular weight is 567 g/mol. The molecule has 44 heavy (non-hydrogen) atoms. The molecule has 0 aromatic carbocycles. The van der Waals surface area contributed by atoms with Gasteiger partial charge < -0.3 is 0 Å². The monoisotopic (exact) mass is 566 g/mol. The predicted molar refractivity (Wildman–Crippen MR) is 184 cm³/mol. The Bertz CT molecular complexity index is 1840. The second-order valence-electron chi connectivity index (χ2n) is 13.4. The largest absolute Gasteiger partial charge is 0.0767 e. The first-order valence-electron chi connectivity index (χ1n) is 16.6. The van der Waals surface area contributed by atoms with E-state index < -0.39 is 0 Å². The minimum atomic E-state index is 0.375. The van der Waals surface area contributed by atoms with E-state index in [4.69, 9.17) is 0 Å². The van der Waals surface area contributed by atoms with Gasteiger partial charge in [-0.05, 0) is 69.4 Å². The summed E-state index contributed by atoms with van der Waals surface area (Å²) >= 11 is 0. The Kier molecular flexibility index (Phi) is 6.29. The second-order valence-corrected chi connectivity index (χ2v) is 13.4. The van der Waals surface area contributed by atoms with Gasteiger partial charge in [-0.25, -0.2) is 0 Å². The molecule has 0 heteroatoms. The van der Waals surface area contributed by atoms with Crippen LogP contribution >= 0.6 is 0 Å². The molecule has 0 heterocycles. The van der Waals surface area contributed by atoms with Crippen LogP contribution in [0.3, 0.4) is 0 Å². The third-order valence-electron chi connectivity index (χ3n) is 11.2. The van der Waals surface area contributed by atoms with Crippen LogP contribution in [0.1, 0.15) is 19.3 Å². The Hall–Kier alpha value is -4.42. The van der Waals surface area contributed by atoms with Crippen molar-refractivity contribution in [2.45, 2.75) is 19.3 Å². The van der Waals surface area contributed by atoms with Crippen molar-refractivity contribution in [3.63, 3.8) is 0 Å². The van der Waals surface area contributed by atoms with Crippen LogP contribution in [0.15, 0.2) is 202 Å². The van der Waals surface area contributed by atoms with Gasteiger partial charge in [0.25, 0.3) is 0 Å². The van der Waals surface area contributed by atoms with Gasteiger partial charge in [0.2, 0.25) is 0 Å². The van der Waals surface area contributed by atoms with Crippen LogP contribution in [0.4, 0.5) is 0 Å². The SMILES string of the molecule is C1=CC2=CC=C(C3=CC=C(C4=CC5=C(C=C(C6=CC=CC7C=CC=CC67)C6C=CC=CC56)C5C=CC=CC45)CC3)CC2C=C1. The first-order valence-corrected chi connectivity index (χ1v) is 16.6. The Morgan fingerprint density at radius 3 is 1.77 bits per heavy atom. The third kappa shape index (κ3) is 4.27. The zero-order valence-electron chi connectivity index (χ0n) is 25.1. The van der Waals surface area contributed by atoms with Gasteiger partial charge in [-0.15, -0.1) is 0 Å². The highest BCUT2D eigenvalue weighted by atomic mass is 14.4. The van der Waals surface area contributed by atoms with Gasteiger partial charge in [-0.1, -0.05) is 152 Å². The van der Waals surface area contributed by atoms with E-state index in [1.54, 1.807) is 0 Å². The molecule has 0 saturated heterocycles. The second kappa shape index (κ2) is 10.6. The Morgan fingerprint density at radius 1 is 0.409 bits per heavy atom. The van der Waals surface area contributed by atoms with E-state index in [-0.39, 0.29) is 0 Å². The lowest BCUT2D eigenvalue weighted by Gasteiger charge is -2.43. The van der Waals surface area contributed by atoms with Gasteiger partial charge in [0, 0.05) is 41.4 Å². The van der Waals surface area contributed by atoms with Gasteiger partial charge in [0.1, 0.15) is 0 Å². The zero-order chi connectivity index (χ0) is 29.0. The molecule has 0 amide bonds. The summed E-state index contributed by atoms with van der Waals surface area (Å²) in [7, 11) is 0. The summed E-state index contributed by atoms with van der Waals surface area (Å²) in [5.41, 5.74) is 13.6. The molecule has 0 saturated carbocycles. The molecule has 0 aromatic rings. The smallest absolute Gasteiger partial charge is 0.0128 e. The zero-order valence-corrected chi connectivity index (χ0v) is 25.1. The Morgan fingerprint density at radius 2 is 1.00 bits per heavy atom. The molecule has 0 radical (unpaired) electrons. The summed E-state index contributed by atoms with van der Waals surface area (Å²) in [6, 6.07) is 0. The maximum absolute atomic E-state index is 2.61. The molecule has 9 rings (SSSR count). The number of hydrogen-bond donors (Lipinski definition) is 0. The molecule has 0 nitrogen and oxygen atoms in total. The van der Waals surface area contributed by atoms with Crippen molar-refractivity contribution in [1.82, 2.24) is 0 Å². The molecule has 0 aliphatic heterocycles. The lowest BCUT2D eigenvalue weighted by molar-refractivity contribution is 0.522. The van der Waals surface area contributed by atoms with Crippen molar-refractivity contribution >= 4 is 0 Å². The Balaban J connectivity index is 1.11. The van der Waals surface area contributed by atoms with Gasteiger partial charge in [0.15, 0.2) is 0 Å². The first kappa shape index (κ1) is 26.0. The maximum atomic E-state index is 2.61. The van der Waals surface area contributed by atoms with Gasteiger partial charge >= 0.3 is 0 Å². The Labute approximate surface area is 262 Å². The topological polar surface area (TPSA) is 0 Å². The molecule has 9 aliphatic rings. The molecule has 7 atom stereocenters. The first-order chi connectivity index (χ1) is 21.8. The van der Waals surface area contributed by atoms with Gasteiger partial charge in [0.05, 0.1) is 0 Å². The van der Waals surface area contributed by atoms with E-state index in [0.717, 1.165) is 19.3 Å². The van der Waals surface area contributed by atoms with Crippen LogP contribution in [0.5, 0.6) is 0 Å². The summed E-state index contributed by atoms with van der Waals surface area (Å²) < 4.78 is 0. The van der Waals surface area contributed by atoms with E-state index in [1.165, 1.54) is 50.2 Å². The van der Waals surface area contributed by atoms with Crippen LogP contribution in [0.2, 0.25) is 0 Å². The molecular weight excluding hydrogens is 528 g/mol. The molecular formula is C44H38. The maximum Gasteiger partial charge on any atom is 0.0128 e. The van der Waals surface area contributed by atoms with Gasteiger partial charge in [-0.3, -0.25) is 0 Å². The lowest BCUT2D eigenvalue weighted by Crippen LogP contribution is -2.32. The van der Waals surface area contributed by atoms with Crippen LogP contribution < -0.4 is 0 Å². The molecule has 0 aromatic heterocycles. The third-order valence-corrected chi connectivity index (χ3v) is 11.2. The van der Waals surface area contributed by atoms with E-state index in [1.807, 2.05) is 0 Å². The van der Waals surface area contributed by atoms with Gasteiger partial charge in [-0.2, -0.15) is 0 Å². The summed E-state index contributed by atoms with van der Waals surface area (Å²) in [5.74, 6) is 2.93. The van der Waals surface area contributed by atoms with Crippen LogP contribution in [-0.4, -0.2) is 0 Å². The highest BCUT2D eigenvalue weighted by molar-refractivity contribution is 5.63. The number of fused-ring (bicyclic) bond motifs is 6. The fraction of sp³-hybridized carbons (Fsp3) is 0.227. The summed E-state index contributed by atoms with van der Waals surface area (Å²) in [6.07, 6.45) is 62.3. The molecule has 0 fully saturated rings. The number of allylic oxidation sites excluding steroid dienone is 34. The molecule has 0 spiro atoms. The minimum Gasteiger partial charge on any atom is -0.0767 e. The fourth-order valence-corrected chi connectivity index (χ4v) is 8.91. The van der Waals surface area contributed by atoms with Crippen molar-refractivity contribution < 1.29 is 0 Å². The van der Waals surface area contributed by atoms with E-state index in [2.05, 4.69) is 152 Å². The molecule has 0 bridgehead atoms. The van der Waals surface area contributed by atoms with Crippen molar-refractivity contribution in [3.8, 4) is 0 Å². The normalized spacial score (nSPS) is 35.3. The standard InChI is InChI=1S/C44H38/c1-2-12-33-26-34(25-22-29(33)10-1)30-20-23-32(24-21-30)41-27-43-40-18-8-7-17-39(40)42(28-44(43)38-16-6-5-15-37(38)41)36-19-9-13-31-11-3-4-14-35(31)36/h1-20,22-23,25,27-28,31,33,35,37-40H,21,24,26H2. The van der Waals surface area contributed by atoms with Crippen molar-refractivity contribution in [2.75, 3.05) is 0 Å². The highest BCUT2D eigenvalue weighted by Gasteiger charge is 2.41. The quantitative estimate of drug-likeness (QED) is 0.319. The summed E-state index contributed by atoms with van der Waals surface area (Å²) in [4.78, 5) is 0. The number of hydrogen-bond acceptors (Lipinski definition) is 0. The lowest BCUT2D eigenvalue weighted by atomic mass is 9.60. The molecule has 9 aliphatic carbocycles. The molecule has 7 unspecified atom stereocenters.